The smallest absolute Gasteiger partial charge is 0.244 e. The van der Waals surface area contributed by atoms with E-state index >= 15 is 0 Å². The maximum absolute atomic E-state index is 11.8. The number of nitrogens with one attached hydrogen (secondary N) is 1. The van der Waals surface area contributed by atoms with Crippen LogP contribution in [0.4, 0.5) is 0 Å². The number of carbonyl (C=O) groups excluding carboxylic acids is 1. The summed E-state index contributed by atoms with van der Waals surface area (Å²) in [5.74, 6) is 0.945. The summed E-state index contributed by atoms with van der Waals surface area (Å²) in [7, 11) is 2.03. The summed E-state index contributed by atoms with van der Waals surface area (Å²) < 4.78 is 2.11. The average molecular weight is 320 g/mol. The van der Waals surface area contributed by atoms with Gasteiger partial charge in [-0.25, -0.2) is 4.98 Å². The summed E-state index contributed by atoms with van der Waals surface area (Å²) in [5, 5.41) is 2.89. The van der Waals surface area contributed by atoms with E-state index in [2.05, 4.69) is 25.9 Å². The predicted molar refractivity (Wildman–Crippen MR) is 95.3 cm³/mol. The second-order valence-electron chi connectivity index (χ2n) is 5.59. The number of rotatable bonds is 6. The van der Waals surface area contributed by atoms with E-state index in [9.17, 15) is 4.79 Å². The number of hydrogen-bond donors (Lipinski definition) is 1. The molecule has 24 heavy (non-hydrogen) atoms. The lowest BCUT2D eigenvalue weighted by Gasteiger charge is -2.03. The number of benzene rings is 1. The third-order valence-corrected chi connectivity index (χ3v) is 3.87. The van der Waals surface area contributed by atoms with Crippen molar-refractivity contribution in [2.24, 2.45) is 7.05 Å². The van der Waals surface area contributed by atoms with Gasteiger partial charge in [-0.1, -0.05) is 18.2 Å². The highest BCUT2D eigenvalue weighted by atomic mass is 16.1. The molecule has 5 heteroatoms. The van der Waals surface area contributed by atoms with Crippen molar-refractivity contribution in [2.75, 3.05) is 6.54 Å². The topological polar surface area (TPSA) is 59.8 Å². The Hall–Kier alpha value is -2.95. The molecule has 0 radical (unpaired) electrons. The van der Waals surface area contributed by atoms with Gasteiger partial charge in [0, 0.05) is 38.5 Å². The lowest BCUT2D eigenvalue weighted by atomic mass is 10.2. The molecule has 1 amide bonds. The van der Waals surface area contributed by atoms with E-state index in [0.717, 1.165) is 35.3 Å². The molecule has 122 valence electrons. The first kappa shape index (κ1) is 15.9. The molecule has 0 spiro atoms. The Balaban J connectivity index is 1.47. The number of pyridine rings is 1. The first-order valence-electron chi connectivity index (χ1n) is 8.00. The molecular formula is C19H20N4O. The zero-order chi connectivity index (χ0) is 16.8. The standard InChI is InChI=1S/C19H20N4O/c1-23-17-8-3-2-7-16(17)22-18(23)9-5-13-21-19(24)11-10-15-6-4-12-20-14-15/h2-4,6-8,10-12,14H,5,9,13H2,1H3,(H,21,24). The number of hydrogen-bond acceptors (Lipinski definition) is 3. The van der Waals surface area contributed by atoms with Crippen molar-refractivity contribution in [1.29, 1.82) is 0 Å². The fourth-order valence-corrected chi connectivity index (χ4v) is 2.58. The number of aryl methyl sites for hydroxylation is 2. The number of carbonyl (C=O) groups is 1. The second kappa shape index (κ2) is 7.55. The molecule has 0 saturated heterocycles. The monoisotopic (exact) mass is 320 g/mol. The molecule has 0 aliphatic rings. The van der Waals surface area contributed by atoms with Gasteiger partial charge in [0.2, 0.25) is 5.91 Å². The van der Waals surface area contributed by atoms with Gasteiger partial charge in [-0.2, -0.15) is 0 Å². The highest BCUT2D eigenvalue weighted by Gasteiger charge is 2.06. The largest absolute Gasteiger partial charge is 0.353 e. The van der Waals surface area contributed by atoms with Crippen LogP contribution in [-0.4, -0.2) is 27.0 Å². The van der Waals surface area contributed by atoms with Crippen molar-refractivity contribution in [2.45, 2.75) is 12.8 Å². The number of nitrogens with zero attached hydrogens (tertiary/aromatic N) is 3. The molecule has 0 aliphatic heterocycles. The summed E-state index contributed by atoms with van der Waals surface area (Å²) in [5.41, 5.74) is 3.06. The third kappa shape index (κ3) is 3.87. The zero-order valence-corrected chi connectivity index (χ0v) is 13.6. The predicted octanol–water partition coefficient (Wildman–Crippen LogP) is 2.73. The molecule has 0 fully saturated rings. The van der Waals surface area contributed by atoms with Gasteiger partial charge in [0.25, 0.3) is 0 Å². The lowest BCUT2D eigenvalue weighted by Crippen LogP contribution is -2.22. The number of para-hydroxylation sites is 2. The van der Waals surface area contributed by atoms with E-state index in [0.29, 0.717) is 6.54 Å². The van der Waals surface area contributed by atoms with Crippen LogP contribution < -0.4 is 5.32 Å². The van der Waals surface area contributed by atoms with Gasteiger partial charge in [0.15, 0.2) is 0 Å². The van der Waals surface area contributed by atoms with Crippen LogP contribution in [0.25, 0.3) is 17.1 Å². The number of amides is 1. The van der Waals surface area contributed by atoms with E-state index < -0.39 is 0 Å². The minimum Gasteiger partial charge on any atom is -0.353 e. The van der Waals surface area contributed by atoms with Gasteiger partial charge in [0.05, 0.1) is 11.0 Å². The first-order valence-corrected chi connectivity index (χ1v) is 8.00. The molecule has 5 nitrogen and oxygen atoms in total. The van der Waals surface area contributed by atoms with Crippen molar-refractivity contribution in [3.63, 3.8) is 0 Å². The minimum atomic E-state index is -0.0937. The van der Waals surface area contributed by atoms with Crippen LogP contribution in [0.3, 0.4) is 0 Å². The Morgan fingerprint density at radius 1 is 1.25 bits per heavy atom. The SMILES string of the molecule is Cn1c(CCCNC(=O)C=Cc2cccnc2)nc2ccccc21. The van der Waals surface area contributed by atoms with Crippen LogP contribution >= 0.6 is 0 Å². The summed E-state index contributed by atoms with van der Waals surface area (Å²) >= 11 is 0. The molecular weight excluding hydrogens is 300 g/mol. The molecule has 2 aromatic heterocycles. The van der Waals surface area contributed by atoms with E-state index in [4.69, 9.17) is 0 Å². The van der Waals surface area contributed by atoms with Crippen molar-refractivity contribution in [1.82, 2.24) is 19.9 Å². The molecule has 3 rings (SSSR count). The van der Waals surface area contributed by atoms with Gasteiger partial charge < -0.3 is 9.88 Å². The summed E-state index contributed by atoms with van der Waals surface area (Å²) in [4.78, 5) is 20.4. The van der Waals surface area contributed by atoms with E-state index in [1.165, 1.54) is 6.08 Å². The van der Waals surface area contributed by atoms with Gasteiger partial charge in [-0.3, -0.25) is 9.78 Å². The lowest BCUT2D eigenvalue weighted by molar-refractivity contribution is -0.116. The van der Waals surface area contributed by atoms with Crippen LogP contribution in [0.5, 0.6) is 0 Å². The van der Waals surface area contributed by atoms with Crippen LogP contribution in [-0.2, 0) is 18.3 Å². The average Bonchev–Trinajstić information content (AvgIpc) is 2.94. The van der Waals surface area contributed by atoms with Gasteiger partial charge in [-0.15, -0.1) is 0 Å². The number of aromatic nitrogens is 3. The summed E-state index contributed by atoms with van der Waals surface area (Å²) in [6.45, 7) is 0.624. The Kier molecular flexibility index (Phi) is 5.01. The van der Waals surface area contributed by atoms with E-state index in [-0.39, 0.29) is 5.91 Å². The maximum atomic E-state index is 11.8. The van der Waals surface area contributed by atoms with Crippen LogP contribution in [0, 0.1) is 0 Å². The van der Waals surface area contributed by atoms with Crippen molar-refractivity contribution >= 4 is 23.0 Å². The maximum Gasteiger partial charge on any atom is 0.244 e. The van der Waals surface area contributed by atoms with E-state index in [1.807, 2.05) is 37.4 Å². The van der Waals surface area contributed by atoms with Crippen molar-refractivity contribution in [3.8, 4) is 0 Å². The molecule has 0 atom stereocenters. The molecule has 1 N–H and O–H groups in total. The number of imidazole rings is 1. The normalized spacial score (nSPS) is 11.2. The first-order chi connectivity index (χ1) is 11.7. The Morgan fingerprint density at radius 3 is 2.92 bits per heavy atom. The van der Waals surface area contributed by atoms with Crippen molar-refractivity contribution in [3.05, 3.63) is 66.3 Å². The number of fused-ring (bicyclic) bond motifs is 1. The Morgan fingerprint density at radius 2 is 2.12 bits per heavy atom. The second-order valence-corrected chi connectivity index (χ2v) is 5.59. The van der Waals surface area contributed by atoms with Crippen LogP contribution in [0.15, 0.2) is 54.9 Å². The molecule has 0 aliphatic carbocycles. The summed E-state index contributed by atoms with van der Waals surface area (Å²) in [6, 6.07) is 11.8. The van der Waals surface area contributed by atoms with Crippen molar-refractivity contribution < 1.29 is 4.79 Å². The molecule has 1 aromatic carbocycles. The highest BCUT2D eigenvalue weighted by Crippen LogP contribution is 2.14. The highest BCUT2D eigenvalue weighted by molar-refractivity contribution is 5.91. The minimum absolute atomic E-state index is 0.0937. The van der Waals surface area contributed by atoms with Gasteiger partial charge in [-0.05, 0) is 36.3 Å². The quantitative estimate of drug-likeness (QED) is 0.561. The Labute approximate surface area is 141 Å². The molecule has 0 bridgehead atoms. The third-order valence-electron chi connectivity index (χ3n) is 3.87. The molecule has 2 heterocycles. The Bertz CT molecular complexity index is 852. The fourth-order valence-electron chi connectivity index (χ4n) is 2.58. The zero-order valence-electron chi connectivity index (χ0n) is 13.6. The van der Waals surface area contributed by atoms with Gasteiger partial charge in [0.1, 0.15) is 5.82 Å². The van der Waals surface area contributed by atoms with Crippen LogP contribution in [0.2, 0.25) is 0 Å². The van der Waals surface area contributed by atoms with E-state index in [1.54, 1.807) is 18.5 Å². The molecule has 3 aromatic rings. The van der Waals surface area contributed by atoms with Gasteiger partial charge >= 0.3 is 0 Å². The molecule has 0 unspecified atom stereocenters. The summed E-state index contributed by atoms with van der Waals surface area (Å²) in [6.07, 6.45) is 8.40. The fraction of sp³-hybridized carbons (Fsp3) is 0.211. The molecule has 0 saturated carbocycles. The van der Waals surface area contributed by atoms with Crippen LogP contribution in [0.1, 0.15) is 17.8 Å².